The molecular formula is C31H32FN3O4S. The molecule has 0 aliphatic carbocycles. The van der Waals surface area contributed by atoms with E-state index in [1.165, 1.54) is 19.2 Å². The minimum Gasteiger partial charge on any atom is -0.467 e. The first-order chi connectivity index (χ1) is 19.5. The highest BCUT2D eigenvalue weighted by atomic mass is 32.2. The van der Waals surface area contributed by atoms with Crippen molar-refractivity contribution in [3.05, 3.63) is 114 Å². The lowest BCUT2D eigenvalue weighted by atomic mass is 9.96. The summed E-state index contributed by atoms with van der Waals surface area (Å²) in [5, 5.41) is 2.85. The zero-order valence-electron chi connectivity index (χ0n) is 22.5. The Morgan fingerprint density at radius 1 is 1.07 bits per heavy atom. The first-order valence-electron chi connectivity index (χ1n) is 12.9. The van der Waals surface area contributed by atoms with Gasteiger partial charge in [0.25, 0.3) is 5.91 Å². The Balaban J connectivity index is 1.59. The smallest absolute Gasteiger partial charge is 0.328 e. The van der Waals surface area contributed by atoms with Crippen LogP contribution in [0.5, 0.6) is 0 Å². The number of hydrogen-bond acceptors (Lipinski definition) is 6. The summed E-state index contributed by atoms with van der Waals surface area (Å²) >= 11 is 1.59. The molecule has 7 nitrogen and oxygen atoms in total. The number of ether oxygens (including phenoxy) is 2. The van der Waals surface area contributed by atoms with Crippen LogP contribution in [0.15, 0.2) is 91.5 Å². The number of nitrogens with one attached hydrogen (secondary N) is 1. The number of esters is 1. The van der Waals surface area contributed by atoms with E-state index < -0.39 is 12.0 Å². The summed E-state index contributed by atoms with van der Waals surface area (Å²) in [5.74, 6) is -0.434. The van der Waals surface area contributed by atoms with Gasteiger partial charge in [-0.25, -0.2) is 14.2 Å². The molecule has 1 N–H and O–H groups in total. The lowest BCUT2D eigenvalue weighted by Gasteiger charge is -2.20. The van der Waals surface area contributed by atoms with Gasteiger partial charge >= 0.3 is 5.97 Å². The molecule has 0 fully saturated rings. The largest absolute Gasteiger partial charge is 0.467 e. The van der Waals surface area contributed by atoms with Crippen LogP contribution in [0, 0.1) is 5.82 Å². The summed E-state index contributed by atoms with van der Waals surface area (Å²) in [5.41, 5.74) is 3.73. The minimum atomic E-state index is -0.740. The second-order valence-corrected chi connectivity index (χ2v) is 10.2. The van der Waals surface area contributed by atoms with Gasteiger partial charge in [0.05, 0.1) is 26.6 Å². The summed E-state index contributed by atoms with van der Waals surface area (Å²) < 4.78 is 26.7. The monoisotopic (exact) mass is 561 g/mol. The van der Waals surface area contributed by atoms with Gasteiger partial charge in [-0.1, -0.05) is 48.5 Å². The molecule has 0 bridgehead atoms. The molecule has 0 radical (unpaired) electrons. The van der Waals surface area contributed by atoms with Crippen LogP contribution in [0.4, 0.5) is 4.39 Å². The van der Waals surface area contributed by atoms with Crippen LogP contribution in [0.3, 0.4) is 0 Å². The van der Waals surface area contributed by atoms with Crippen LogP contribution in [-0.4, -0.2) is 46.6 Å². The predicted molar refractivity (Wildman–Crippen MR) is 154 cm³/mol. The number of amides is 1. The number of benzene rings is 3. The second-order valence-electron chi connectivity index (χ2n) is 9.19. The lowest BCUT2D eigenvalue weighted by Crippen LogP contribution is -2.42. The van der Waals surface area contributed by atoms with Gasteiger partial charge in [-0.15, -0.1) is 0 Å². The van der Waals surface area contributed by atoms with E-state index in [2.05, 4.69) is 10.3 Å². The van der Waals surface area contributed by atoms with E-state index >= 15 is 0 Å². The molecule has 1 aromatic heterocycles. The third-order valence-electron chi connectivity index (χ3n) is 6.44. The van der Waals surface area contributed by atoms with Crippen molar-refractivity contribution in [2.45, 2.75) is 31.7 Å². The van der Waals surface area contributed by atoms with Crippen molar-refractivity contribution in [2.24, 2.45) is 0 Å². The van der Waals surface area contributed by atoms with Crippen LogP contribution in [0.25, 0.3) is 11.1 Å². The molecular weight excluding hydrogens is 529 g/mol. The number of imidazole rings is 1. The molecule has 0 aliphatic rings. The van der Waals surface area contributed by atoms with E-state index in [1.54, 1.807) is 42.5 Å². The van der Waals surface area contributed by atoms with Crippen molar-refractivity contribution < 1.29 is 23.5 Å². The molecule has 1 amide bonds. The number of rotatable bonds is 13. The highest BCUT2D eigenvalue weighted by Gasteiger charge is 2.24. The molecule has 1 heterocycles. The molecule has 2 atom stereocenters. The van der Waals surface area contributed by atoms with Gasteiger partial charge in [-0.2, -0.15) is 11.8 Å². The number of methoxy groups -OCH3 is 1. The Morgan fingerprint density at radius 2 is 1.85 bits per heavy atom. The maximum absolute atomic E-state index is 13.6. The van der Waals surface area contributed by atoms with Crippen LogP contribution in [0.1, 0.15) is 34.0 Å². The number of halogens is 1. The summed E-state index contributed by atoms with van der Waals surface area (Å²) in [7, 11) is 1.32. The zero-order valence-corrected chi connectivity index (χ0v) is 23.3. The first-order valence-corrected chi connectivity index (χ1v) is 14.3. The predicted octanol–water partition coefficient (Wildman–Crippen LogP) is 5.67. The SMILES string of the molecule is COC(=O)[C@H](CCSC)NC(=O)c1ccc(COC(Cn2ccnc2)c2ccc(F)cc2)cc1-c1ccccc1. The van der Waals surface area contributed by atoms with Crippen LogP contribution < -0.4 is 5.32 Å². The molecule has 0 saturated carbocycles. The molecule has 4 rings (SSSR count). The summed E-state index contributed by atoms with van der Waals surface area (Å²) in [6.45, 7) is 0.764. The van der Waals surface area contributed by atoms with Crippen molar-refractivity contribution in [1.29, 1.82) is 0 Å². The number of carbonyl (C=O) groups excluding carboxylic acids is 2. The van der Waals surface area contributed by atoms with E-state index in [0.717, 1.165) is 22.3 Å². The fraction of sp³-hybridized carbons (Fsp3) is 0.258. The van der Waals surface area contributed by atoms with Crippen molar-refractivity contribution >= 4 is 23.6 Å². The van der Waals surface area contributed by atoms with E-state index in [0.29, 0.717) is 24.3 Å². The molecule has 4 aromatic rings. The van der Waals surface area contributed by atoms with Crippen molar-refractivity contribution in [3.8, 4) is 11.1 Å². The van der Waals surface area contributed by atoms with Crippen molar-refractivity contribution in [1.82, 2.24) is 14.9 Å². The molecule has 3 aromatic carbocycles. The Hall–Kier alpha value is -3.95. The number of carbonyl (C=O) groups is 2. The first kappa shape index (κ1) is 29.0. The summed E-state index contributed by atoms with van der Waals surface area (Å²) in [6, 6.07) is 20.6. The Morgan fingerprint density at radius 3 is 2.52 bits per heavy atom. The van der Waals surface area contributed by atoms with Gasteiger partial charge in [0.2, 0.25) is 0 Å². The van der Waals surface area contributed by atoms with E-state index in [-0.39, 0.29) is 24.4 Å². The highest BCUT2D eigenvalue weighted by molar-refractivity contribution is 7.98. The lowest BCUT2D eigenvalue weighted by molar-refractivity contribution is -0.142. The second kappa shape index (κ2) is 14.4. The van der Waals surface area contributed by atoms with E-state index in [9.17, 15) is 14.0 Å². The zero-order chi connectivity index (χ0) is 28.3. The normalized spacial score (nSPS) is 12.5. The number of aromatic nitrogens is 2. The molecule has 0 aliphatic heterocycles. The topological polar surface area (TPSA) is 82.5 Å². The van der Waals surface area contributed by atoms with E-state index in [4.69, 9.17) is 9.47 Å². The van der Waals surface area contributed by atoms with Crippen LogP contribution in [-0.2, 0) is 27.4 Å². The average Bonchev–Trinajstić information content (AvgIpc) is 3.51. The van der Waals surface area contributed by atoms with Crippen molar-refractivity contribution in [2.75, 3.05) is 19.1 Å². The van der Waals surface area contributed by atoms with Gasteiger partial charge < -0.3 is 19.4 Å². The number of thioether (sulfide) groups is 1. The molecule has 40 heavy (non-hydrogen) atoms. The minimum absolute atomic E-state index is 0.261. The molecule has 1 unspecified atom stereocenters. The Bertz CT molecular complexity index is 1380. The fourth-order valence-corrected chi connectivity index (χ4v) is 4.78. The third kappa shape index (κ3) is 7.80. The quantitative estimate of drug-likeness (QED) is 0.212. The van der Waals surface area contributed by atoms with Gasteiger partial charge in [-0.05, 0) is 64.9 Å². The number of nitrogens with zero attached hydrogens (tertiary/aromatic N) is 2. The summed E-state index contributed by atoms with van der Waals surface area (Å²) in [4.78, 5) is 29.8. The van der Waals surface area contributed by atoms with Gasteiger partial charge in [-0.3, -0.25) is 4.79 Å². The van der Waals surface area contributed by atoms with Crippen LogP contribution in [0.2, 0.25) is 0 Å². The molecule has 0 saturated heterocycles. The Labute approximate surface area is 237 Å². The maximum Gasteiger partial charge on any atom is 0.328 e. The average molecular weight is 562 g/mol. The Kier molecular flexibility index (Phi) is 10.5. The number of hydrogen-bond donors (Lipinski definition) is 1. The standard InChI is InChI=1S/C31H32FN3O4S/c1-38-31(37)28(14-17-40-2)34-30(36)26-13-8-22(18-27(26)23-6-4-3-5-7-23)20-39-29(19-35-16-15-33-21-35)24-9-11-25(32)12-10-24/h3-13,15-16,18,21,28-29H,14,17,19-20H2,1-2H3,(H,34,36)/t28-,29?/m0/s1. The van der Waals surface area contributed by atoms with Gasteiger partial charge in [0.1, 0.15) is 18.0 Å². The summed E-state index contributed by atoms with van der Waals surface area (Å²) in [6.07, 6.45) is 7.32. The van der Waals surface area contributed by atoms with Crippen molar-refractivity contribution in [3.63, 3.8) is 0 Å². The van der Waals surface area contributed by atoms with Gasteiger partial charge in [0, 0.05) is 18.0 Å². The fourth-order valence-electron chi connectivity index (χ4n) is 4.31. The molecule has 208 valence electrons. The molecule has 9 heteroatoms. The highest BCUT2D eigenvalue weighted by Crippen LogP contribution is 2.28. The maximum atomic E-state index is 13.6. The molecule has 0 spiro atoms. The van der Waals surface area contributed by atoms with E-state index in [1.807, 2.05) is 59.5 Å². The van der Waals surface area contributed by atoms with Gasteiger partial charge in [0.15, 0.2) is 0 Å². The third-order valence-corrected chi connectivity index (χ3v) is 7.09. The van der Waals surface area contributed by atoms with Crippen LogP contribution >= 0.6 is 11.8 Å².